The fraction of sp³-hybridized carbons (Fsp3) is 0.438. The highest BCUT2D eigenvalue weighted by Gasteiger charge is 2.19. The number of aliphatic hydroxyl groups excluding tert-OH is 1. The molecule has 0 spiro atoms. The molecular formula is C16H21ClN4O2. The number of hydrogen-bond acceptors (Lipinski definition) is 4. The minimum atomic E-state index is -0.385. The maximum Gasteiger partial charge on any atom is 0.273 e. The van der Waals surface area contributed by atoms with E-state index in [1.54, 1.807) is 24.6 Å². The molecule has 2 N–H and O–H groups in total. The van der Waals surface area contributed by atoms with Gasteiger partial charge in [-0.1, -0.05) is 35.9 Å². The van der Waals surface area contributed by atoms with Crippen LogP contribution in [0.5, 0.6) is 0 Å². The van der Waals surface area contributed by atoms with Crippen LogP contribution in [0.25, 0.3) is 5.69 Å². The maximum absolute atomic E-state index is 12.3. The minimum Gasteiger partial charge on any atom is -0.393 e. The van der Waals surface area contributed by atoms with Crippen molar-refractivity contribution in [3.8, 4) is 5.69 Å². The van der Waals surface area contributed by atoms with Crippen molar-refractivity contribution >= 4 is 17.5 Å². The SMILES string of the molecule is Cc1c(C(=O)NCC(C)CC(C)O)nnn1-c1ccccc1Cl. The molecule has 2 rings (SSSR count). The smallest absolute Gasteiger partial charge is 0.273 e. The minimum absolute atomic E-state index is 0.179. The highest BCUT2D eigenvalue weighted by atomic mass is 35.5. The first-order valence-corrected chi connectivity index (χ1v) is 7.91. The molecule has 6 nitrogen and oxygen atoms in total. The second kappa shape index (κ2) is 7.57. The highest BCUT2D eigenvalue weighted by molar-refractivity contribution is 6.32. The maximum atomic E-state index is 12.3. The highest BCUT2D eigenvalue weighted by Crippen LogP contribution is 2.21. The molecule has 1 amide bonds. The summed E-state index contributed by atoms with van der Waals surface area (Å²) in [5.74, 6) is -0.101. The first-order chi connectivity index (χ1) is 10.9. The molecular weight excluding hydrogens is 316 g/mol. The summed E-state index contributed by atoms with van der Waals surface area (Å²) in [6.45, 7) is 5.96. The van der Waals surface area contributed by atoms with E-state index in [-0.39, 0.29) is 23.6 Å². The largest absolute Gasteiger partial charge is 0.393 e. The van der Waals surface area contributed by atoms with Gasteiger partial charge in [0.05, 0.1) is 22.5 Å². The normalized spacial score (nSPS) is 13.6. The number of rotatable bonds is 6. The number of halogens is 1. The van der Waals surface area contributed by atoms with E-state index in [1.807, 2.05) is 25.1 Å². The Hall–Kier alpha value is -1.92. The molecule has 1 aromatic heterocycles. The van der Waals surface area contributed by atoms with Crippen LogP contribution >= 0.6 is 11.6 Å². The molecule has 0 aliphatic carbocycles. The van der Waals surface area contributed by atoms with Gasteiger partial charge in [-0.05, 0) is 38.3 Å². The van der Waals surface area contributed by atoms with Gasteiger partial charge in [-0.3, -0.25) is 4.79 Å². The lowest BCUT2D eigenvalue weighted by Gasteiger charge is -2.13. The predicted molar refractivity (Wildman–Crippen MR) is 88.9 cm³/mol. The van der Waals surface area contributed by atoms with Gasteiger partial charge < -0.3 is 10.4 Å². The van der Waals surface area contributed by atoms with Crippen LogP contribution in [0.3, 0.4) is 0 Å². The molecule has 1 heterocycles. The molecule has 0 aliphatic heterocycles. The number of carbonyl (C=O) groups is 1. The molecule has 2 aromatic rings. The van der Waals surface area contributed by atoms with E-state index in [2.05, 4.69) is 15.6 Å². The van der Waals surface area contributed by atoms with Gasteiger partial charge in [-0.25, -0.2) is 4.68 Å². The first kappa shape index (κ1) is 17.4. The Bertz CT molecular complexity index is 684. The van der Waals surface area contributed by atoms with Crippen molar-refractivity contribution in [3.63, 3.8) is 0 Å². The van der Waals surface area contributed by atoms with Crippen molar-refractivity contribution in [1.82, 2.24) is 20.3 Å². The zero-order valence-electron chi connectivity index (χ0n) is 13.5. The summed E-state index contributed by atoms with van der Waals surface area (Å²) >= 11 is 6.16. The van der Waals surface area contributed by atoms with E-state index < -0.39 is 0 Å². The van der Waals surface area contributed by atoms with E-state index in [0.717, 1.165) is 0 Å². The standard InChI is InChI=1S/C16H21ClN4O2/c1-10(8-11(2)22)9-18-16(23)15-12(3)21(20-19-15)14-7-5-4-6-13(14)17/h4-7,10-11,22H,8-9H2,1-3H3,(H,18,23). The van der Waals surface area contributed by atoms with Crippen LogP contribution in [0.1, 0.15) is 36.5 Å². The molecule has 0 radical (unpaired) electrons. The second-order valence-corrected chi connectivity index (χ2v) is 6.19. The number of para-hydroxylation sites is 1. The Kier molecular flexibility index (Phi) is 5.74. The number of aliphatic hydroxyl groups is 1. The van der Waals surface area contributed by atoms with Gasteiger partial charge >= 0.3 is 0 Å². The van der Waals surface area contributed by atoms with Crippen molar-refractivity contribution in [2.45, 2.75) is 33.3 Å². The first-order valence-electron chi connectivity index (χ1n) is 7.53. The second-order valence-electron chi connectivity index (χ2n) is 5.79. The van der Waals surface area contributed by atoms with Crippen LogP contribution < -0.4 is 5.32 Å². The van der Waals surface area contributed by atoms with Crippen LogP contribution in [0.2, 0.25) is 5.02 Å². The zero-order chi connectivity index (χ0) is 17.0. The topological polar surface area (TPSA) is 80.0 Å². The average molecular weight is 337 g/mol. The number of nitrogens with zero attached hydrogens (tertiary/aromatic N) is 3. The third-order valence-electron chi connectivity index (χ3n) is 3.54. The summed E-state index contributed by atoms with van der Waals surface area (Å²) in [7, 11) is 0. The summed E-state index contributed by atoms with van der Waals surface area (Å²) in [6, 6.07) is 7.25. The van der Waals surface area contributed by atoms with Gasteiger partial charge in [-0.15, -0.1) is 5.10 Å². The lowest BCUT2D eigenvalue weighted by Crippen LogP contribution is -2.30. The summed E-state index contributed by atoms with van der Waals surface area (Å²) in [5, 5.41) is 20.7. The number of nitrogens with one attached hydrogen (secondary N) is 1. The summed E-state index contributed by atoms with van der Waals surface area (Å²) in [5.41, 5.74) is 1.58. The van der Waals surface area contributed by atoms with E-state index in [0.29, 0.717) is 29.4 Å². The number of benzene rings is 1. The molecule has 23 heavy (non-hydrogen) atoms. The summed E-state index contributed by atoms with van der Waals surface area (Å²) < 4.78 is 1.55. The van der Waals surface area contributed by atoms with Crippen molar-refractivity contribution in [2.75, 3.05) is 6.54 Å². The molecule has 0 saturated heterocycles. The van der Waals surface area contributed by atoms with Gasteiger partial charge in [-0.2, -0.15) is 0 Å². The van der Waals surface area contributed by atoms with Gasteiger partial charge in [0, 0.05) is 6.54 Å². The molecule has 2 atom stereocenters. The Labute approximate surface area is 140 Å². The van der Waals surface area contributed by atoms with Crippen molar-refractivity contribution < 1.29 is 9.90 Å². The van der Waals surface area contributed by atoms with E-state index in [1.165, 1.54) is 0 Å². The zero-order valence-corrected chi connectivity index (χ0v) is 14.2. The van der Waals surface area contributed by atoms with Gasteiger partial charge in [0.25, 0.3) is 5.91 Å². The third-order valence-corrected chi connectivity index (χ3v) is 3.86. The summed E-state index contributed by atoms with van der Waals surface area (Å²) in [6.07, 6.45) is 0.246. The van der Waals surface area contributed by atoms with Crippen LogP contribution in [-0.4, -0.2) is 38.7 Å². The number of hydrogen-bond donors (Lipinski definition) is 2. The Morgan fingerprint density at radius 1 is 1.39 bits per heavy atom. The van der Waals surface area contributed by atoms with Gasteiger partial charge in [0.1, 0.15) is 0 Å². The lowest BCUT2D eigenvalue weighted by atomic mass is 10.0. The number of carbonyl (C=O) groups excluding carboxylic acids is 1. The van der Waals surface area contributed by atoms with Gasteiger partial charge in [0.2, 0.25) is 0 Å². The molecule has 2 unspecified atom stereocenters. The molecule has 0 saturated carbocycles. The Morgan fingerprint density at radius 3 is 2.74 bits per heavy atom. The summed E-state index contributed by atoms with van der Waals surface area (Å²) in [4.78, 5) is 12.3. The average Bonchev–Trinajstić information content (AvgIpc) is 2.86. The number of amides is 1. The van der Waals surface area contributed by atoms with Crippen molar-refractivity contribution in [2.24, 2.45) is 5.92 Å². The molecule has 124 valence electrons. The van der Waals surface area contributed by atoms with Crippen LogP contribution in [0.4, 0.5) is 0 Å². The number of aromatic nitrogens is 3. The monoisotopic (exact) mass is 336 g/mol. The molecule has 0 aliphatic rings. The van der Waals surface area contributed by atoms with Crippen LogP contribution in [0.15, 0.2) is 24.3 Å². The van der Waals surface area contributed by atoms with E-state index >= 15 is 0 Å². The fourth-order valence-electron chi connectivity index (χ4n) is 2.41. The van der Waals surface area contributed by atoms with Crippen molar-refractivity contribution in [3.05, 3.63) is 40.7 Å². The molecule has 0 fully saturated rings. The van der Waals surface area contributed by atoms with E-state index in [9.17, 15) is 9.90 Å². The molecule has 1 aromatic carbocycles. The lowest BCUT2D eigenvalue weighted by molar-refractivity contribution is 0.0933. The van der Waals surface area contributed by atoms with Crippen molar-refractivity contribution in [1.29, 1.82) is 0 Å². The molecule has 7 heteroatoms. The van der Waals surface area contributed by atoms with E-state index in [4.69, 9.17) is 11.6 Å². The van der Waals surface area contributed by atoms with Crippen LogP contribution in [0, 0.1) is 12.8 Å². The Balaban J connectivity index is 2.10. The fourth-order valence-corrected chi connectivity index (χ4v) is 2.62. The molecule has 0 bridgehead atoms. The van der Waals surface area contributed by atoms with Gasteiger partial charge in [0.15, 0.2) is 5.69 Å². The van der Waals surface area contributed by atoms with Crippen LogP contribution in [-0.2, 0) is 0 Å². The quantitative estimate of drug-likeness (QED) is 0.848. The Morgan fingerprint density at radius 2 is 2.09 bits per heavy atom. The predicted octanol–water partition coefficient (Wildman–Crippen LogP) is 2.37. The third kappa shape index (κ3) is 4.30.